The number of carbonyl (C=O) groups is 4. The number of amides is 3. The molecular weight excluding hydrogens is 1240 g/mol. The Morgan fingerprint density at radius 2 is 1.09 bits per heavy atom. The molecule has 534 valence electrons. The molecular formula is C57H99N3O32. The van der Waals surface area contributed by atoms with Crippen LogP contribution in [0.1, 0.15) is 104 Å². The Balaban J connectivity index is 1.45. The highest BCUT2D eigenvalue weighted by molar-refractivity contribution is 5.78. The zero-order valence-corrected chi connectivity index (χ0v) is 51.7. The van der Waals surface area contributed by atoms with Gasteiger partial charge < -0.3 is 155 Å². The van der Waals surface area contributed by atoms with Gasteiger partial charge in [0.1, 0.15) is 123 Å². The number of aliphatic hydroxyl groups is 17. The lowest BCUT2D eigenvalue weighted by Crippen LogP contribution is -2.72. The number of hydrogen-bond donors (Lipinski definition) is 21. The maximum Gasteiger partial charge on any atom is 0.364 e. The van der Waals surface area contributed by atoms with E-state index in [-0.39, 0.29) is 0 Å². The summed E-state index contributed by atoms with van der Waals surface area (Å²) in [4.78, 5) is 51.4. The number of aliphatic hydroxyl groups excluding tert-OH is 17. The summed E-state index contributed by atoms with van der Waals surface area (Å²) in [6.07, 6.45) is -34.9. The molecule has 92 heavy (non-hydrogen) atoms. The van der Waals surface area contributed by atoms with Gasteiger partial charge in [0, 0.05) is 20.3 Å². The molecule has 21 N–H and O–H groups in total. The van der Waals surface area contributed by atoms with Gasteiger partial charge in [-0.1, -0.05) is 83.3 Å². The highest BCUT2D eigenvalue weighted by Crippen LogP contribution is 2.41. The summed E-state index contributed by atoms with van der Waals surface area (Å²) in [6.45, 7) is -3.12. The fourth-order valence-electron chi connectivity index (χ4n) is 11.6. The molecule has 35 heteroatoms. The number of rotatable bonds is 37. The zero-order chi connectivity index (χ0) is 68.1. The summed E-state index contributed by atoms with van der Waals surface area (Å²) in [6, 6.07) is -4.99. The molecule has 0 aromatic rings. The minimum Gasteiger partial charge on any atom is -0.477 e. The van der Waals surface area contributed by atoms with Gasteiger partial charge in [-0.25, -0.2) is 4.79 Å². The van der Waals surface area contributed by atoms with E-state index in [1.165, 1.54) is 57.9 Å². The molecule has 5 aliphatic heterocycles. The van der Waals surface area contributed by atoms with Gasteiger partial charge in [-0.3, -0.25) is 14.4 Å². The second-order valence-corrected chi connectivity index (χ2v) is 23.7. The normalized spacial score (nSPS) is 38.3. The first kappa shape index (κ1) is 79.2. The Morgan fingerprint density at radius 3 is 1.65 bits per heavy atom. The van der Waals surface area contributed by atoms with Crippen molar-refractivity contribution in [3.05, 3.63) is 12.2 Å². The van der Waals surface area contributed by atoms with Crippen LogP contribution in [0.4, 0.5) is 0 Å². The third-order valence-corrected chi connectivity index (χ3v) is 16.7. The third-order valence-electron chi connectivity index (χ3n) is 16.7. The molecule has 0 bridgehead atoms. The van der Waals surface area contributed by atoms with Crippen LogP contribution in [0.3, 0.4) is 0 Å². The second kappa shape index (κ2) is 38.5. The fraction of sp³-hybridized carbons (Fsp3) is 0.895. The van der Waals surface area contributed by atoms with Gasteiger partial charge in [0.2, 0.25) is 17.7 Å². The van der Waals surface area contributed by atoms with Crippen LogP contribution in [0.5, 0.6) is 0 Å². The first-order chi connectivity index (χ1) is 43.8. The molecule has 28 atom stereocenters. The molecule has 3 amide bonds. The topological polar surface area (TPSA) is 561 Å². The molecule has 0 aromatic heterocycles. The van der Waals surface area contributed by atoms with Gasteiger partial charge in [0.25, 0.3) is 5.79 Å². The van der Waals surface area contributed by atoms with E-state index in [0.29, 0.717) is 6.42 Å². The van der Waals surface area contributed by atoms with Crippen LogP contribution >= 0.6 is 0 Å². The van der Waals surface area contributed by atoms with Crippen molar-refractivity contribution in [3.8, 4) is 0 Å². The number of ether oxygens (including phenoxy) is 10. The van der Waals surface area contributed by atoms with Gasteiger partial charge in [0.15, 0.2) is 25.2 Å². The quantitative estimate of drug-likeness (QED) is 0.0203. The maximum atomic E-state index is 13.7. The predicted molar refractivity (Wildman–Crippen MR) is 306 cm³/mol. The van der Waals surface area contributed by atoms with Gasteiger partial charge >= 0.3 is 5.97 Å². The minimum absolute atomic E-state index is 0.551. The number of allylic oxidation sites excluding steroid dienone is 1. The lowest BCUT2D eigenvalue weighted by atomic mass is 9.88. The molecule has 5 saturated heterocycles. The van der Waals surface area contributed by atoms with E-state index in [1.54, 1.807) is 6.08 Å². The van der Waals surface area contributed by atoms with E-state index in [1.807, 2.05) is 0 Å². The molecule has 5 heterocycles. The van der Waals surface area contributed by atoms with Crippen molar-refractivity contribution in [2.75, 3.05) is 46.2 Å². The number of carbonyl (C=O) groups excluding carboxylic acids is 3. The summed E-state index contributed by atoms with van der Waals surface area (Å²) in [5, 5.41) is 203. The SMILES string of the molecule is CCCCCCCCCCCCC/C=C/[C@@H](O)[C@H](CO[C@@H]1O[C@H](CO)[C@@H](O[C@@H]2O[C@H](CO)[C@H](O[C@@H]3O[C@H](CO)[C@H](O)[C@H](O[C@@H]4O[C@H](CO)[C@H](O)[C@H](O)[C@H]4O)[C@H]3NC(C)=O)[C@H](O[C@]3(C(=O)O)C[C@H](O)[C@@H](NC(=O)CO)[C@H]([C@H](O)[C@H](O)CO)O3)[C@H]2O)[C@H](O)[C@H]1O)NC(C)=O. The average Bonchev–Trinajstić information content (AvgIpc) is 0.762. The second-order valence-electron chi connectivity index (χ2n) is 23.7. The summed E-state index contributed by atoms with van der Waals surface area (Å²) in [7, 11) is 0. The predicted octanol–water partition coefficient (Wildman–Crippen LogP) is -8.31. The van der Waals surface area contributed by atoms with Crippen molar-refractivity contribution < 1.29 is 158 Å². The minimum atomic E-state index is -3.44. The summed E-state index contributed by atoms with van der Waals surface area (Å²) < 4.78 is 59.0. The summed E-state index contributed by atoms with van der Waals surface area (Å²) in [5.41, 5.74) is 0. The molecule has 0 aliphatic carbocycles. The Morgan fingerprint density at radius 1 is 0.565 bits per heavy atom. The van der Waals surface area contributed by atoms with Crippen LogP contribution in [0.15, 0.2) is 12.2 Å². The Labute approximate surface area is 530 Å². The summed E-state index contributed by atoms with van der Waals surface area (Å²) >= 11 is 0. The van der Waals surface area contributed by atoms with E-state index in [0.717, 1.165) is 32.6 Å². The third kappa shape index (κ3) is 21.0. The number of unbranched alkanes of at least 4 members (excludes halogenated alkanes) is 11. The lowest BCUT2D eigenvalue weighted by molar-refractivity contribution is -0.403. The molecule has 0 unspecified atom stereocenters. The van der Waals surface area contributed by atoms with Crippen LogP contribution in [-0.2, 0) is 66.5 Å². The maximum absolute atomic E-state index is 13.7. The molecule has 0 saturated carbocycles. The molecule has 35 nitrogen and oxygen atoms in total. The Kier molecular flexibility index (Phi) is 33.1. The number of aliphatic carboxylic acids is 1. The highest BCUT2D eigenvalue weighted by atomic mass is 16.8. The molecule has 5 rings (SSSR count). The number of nitrogens with one attached hydrogen (secondary N) is 3. The molecule has 0 aromatic carbocycles. The van der Waals surface area contributed by atoms with Gasteiger partial charge in [-0.15, -0.1) is 0 Å². The molecule has 0 radical (unpaired) electrons. The van der Waals surface area contributed by atoms with E-state index < -0.39 is 248 Å². The van der Waals surface area contributed by atoms with Crippen molar-refractivity contribution in [3.63, 3.8) is 0 Å². The smallest absolute Gasteiger partial charge is 0.364 e. The van der Waals surface area contributed by atoms with Crippen molar-refractivity contribution in [2.24, 2.45) is 0 Å². The largest absolute Gasteiger partial charge is 0.477 e. The van der Waals surface area contributed by atoms with Crippen LogP contribution in [0, 0.1) is 0 Å². The van der Waals surface area contributed by atoms with E-state index in [9.17, 15) is 111 Å². The van der Waals surface area contributed by atoms with E-state index >= 15 is 0 Å². The zero-order valence-electron chi connectivity index (χ0n) is 51.7. The highest BCUT2D eigenvalue weighted by Gasteiger charge is 2.62. The van der Waals surface area contributed by atoms with Crippen LogP contribution in [-0.4, -0.2) is 333 Å². The Bertz CT molecular complexity index is 2230. The first-order valence-corrected chi connectivity index (χ1v) is 31.2. The van der Waals surface area contributed by atoms with Crippen molar-refractivity contribution >= 4 is 23.7 Å². The van der Waals surface area contributed by atoms with Crippen molar-refractivity contribution in [2.45, 2.75) is 275 Å². The van der Waals surface area contributed by atoms with Gasteiger partial charge in [-0.05, 0) is 12.8 Å². The van der Waals surface area contributed by atoms with Crippen LogP contribution in [0.25, 0.3) is 0 Å². The number of carboxylic acids is 1. The average molecular weight is 1340 g/mol. The Hall–Kier alpha value is -3.46. The number of carboxylic acid groups (broad SMARTS) is 1. The molecule has 5 fully saturated rings. The summed E-state index contributed by atoms with van der Waals surface area (Å²) in [5.74, 6) is -8.38. The molecule has 5 aliphatic rings. The van der Waals surface area contributed by atoms with E-state index in [4.69, 9.17) is 47.4 Å². The monoisotopic (exact) mass is 1340 g/mol. The number of hydrogen-bond acceptors (Lipinski definition) is 31. The lowest BCUT2D eigenvalue weighted by Gasteiger charge is -2.52. The van der Waals surface area contributed by atoms with Gasteiger partial charge in [0.05, 0.1) is 63.9 Å². The van der Waals surface area contributed by atoms with Crippen molar-refractivity contribution in [1.29, 1.82) is 0 Å². The van der Waals surface area contributed by atoms with Gasteiger partial charge in [-0.2, -0.15) is 0 Å². The standard InChI is InChI=1S/C57H99N3O32/c1-4-5-6-7-8-9-10-11-12-13-14-15-16-17-29(69)28(58-26(2)67)25-83-53-45(79)43(77)47(34(22-64)86-53)88-55-46(80)51(92-57(56(81)82)18-30(70)37(60-36(72)24-66)50(91-57)39(73)31(71)19-61)48(35(23-65)87-55)89-52-38(59-27(3)68)49(41(75)33(21-63)84-52)90-54-44(78)42(76)40(74)32(20-62)85-54/h16-17,28-35,37-55,61-66,69-71,73-80H,4-15,18-25H2,1-3H3,(H,58,67)(H,59,68)(H,60,72)(H,81,82)/b17-16+/t28-,29+,30-,31+,32+,33+,34+,35+,37+,38+,39+,40-,41-,42-,43+,44+,45+,46+,47+,48-,49+,50+,51+,52-,53+,54-,55-,57-/m0/s1. The van der Waals surface area contributed by atoms with Crippen LogP contribution in [0.2, 0.25) is 0 Å². The van der Waals surface area contributed by atoms with Crippen LogP contribution < -0.4 is 16.0 Å². The van der Waals surface area contributed by atoms with Crippen molar-refractivity contribution in [1.82, 2.24) is 16.0 Å². The molecule has 0 spiro atoms. The van der Waals surface area contributed by atoms with E-state index in [2.05, 4.69) is 22.9 Å². The fourth-order valence-corrected chi connectivity index (χ4v) is 11.6. The first-order valence-electron chi connectivity index (χ1n) is 31.2.